The highest BCUT2D eigenvalue weighted by molar-refractivity contribution is 9.10. The second kappa shape index (κ2) is 9.41. The summed E-state index contributed by atoms with van der Waals surface area (Å²) >= 11 is 3.34. The highest BCUT2D eigenvalue weighted by Gasteiger charge is 2.25. The maximum atomic E-state index is 11.7. The Labute approximate surface area is 154 Å². The molecule has 1 atom stereocenters. The molecule has 0 aliphatic heterocycles. The van der Waals surface area contributed by atoms with Crippen LogP contribution in [0.5, 0.6) is 0 Å². The van der Waals surface area contributed by atoms with Gasteiger partial charge in [0.15, 0.2) is 0 Å². The SMILES string of the molecule is CCOC(=O)C[C@H](Cc1cc(Br)c(N)c(C)c1COC(C)=O)C(=O)O. The lowest BCUT2D eigenvalue weighted by molar-refractivity contribution is -0.151. The second-order valence-electron chi connectivity index (χ2n) is 5.56. The molecule has 0 spiro atoms. The van der Waals surface area contributed by atoms with Gasteiger partial charge in [-0.3, -0.25) is 14.4 Å². The number of nitrogen functional groups attached to an aromatic ring is 1. The molecule has 0 radical (unpaired) electrons. The minimum Gasteiger partial charge on any atom is -0.481 e. The van der Waals surface area contributed by atoms with Crippen molar-refractivity contribution in [3.63, 3.8) is 0 Å². The van der Waals surface area contributed by atoms with Crippen molar-refractivity contribution in [1.82, 2.24) is 0 Å². The molecule has 8 heteroatoms. The van der Waals surface area contributed by atoms with Gasteiger partial charge in [-0.15, -0.1) is 0 Å². The normalized spacial score (nSPS) is 11.7. The summed E-state index contributed by atoms with van der Waals surface area (Å²) < 4.78 is 10.5. The first kappa shape index (κ1) is 21.0. The first-order valence-electron chi connectivity index (χ1n) is 7.75. The Hall–Kier alpha value is -2.09. The predicted octanol–water partition coefficient (Wildman–Crippen LogP) is 2.60. The van der Waals surface area contributed by atoms with Gasteiger partial charge in [0.05, 0.1) is 18.9 Å². The number of anilines is 1. The summed E-state index contributed by atoms with van der Waals surface area (Å²) in [5, 5.41) is 9.42. The molecule has 0 aliphatic rings. The van der Waals surface area contributed by atoms with Crippen molar-refractivity contribution in [3.8, 4) is 0 Å². The fourth-order valence-corrected chi connectivity index (χ4v) is 2.96. The third kappa shape index (κ3) is 6.04. The molecule has 138 valence electrons. The average molecular weight is 416 g/mol. The van der Waals surface area contributed by atoms with E-state index in [1.807, 2.05) is 0 Å². The molecule has 3 N–H and O–H groups in total. The third-order valence-electron chi connectivity index (χ3n) is 3.76. The van der Waals surface area contributed by atoms with Crippen molar-refractivity contribution in [2.45, 2.75) is 40.2 Å². The smallest absolute Gasteiger partial charge is 0.307 e. The molecule has 25 heavy (non-hydrogen) atoms. The van der Waals surface area contributed by atoms with Crippen LogP contribution in [0.15, 0.2) is 10.5 Å². The number of aliphatic carboxylic acids is 1. The summed E-state index contributed by atoms with van der Waals surface area (Å²) in [5.41, 5.74) is 8.47. The topological polar surface area (TPSA) is 116 Å². The van der Waals surface area contributed by atoms with Gasteiger partial charge in [-0.2, -0.15) is 0 Å². The van der Waals surface area contributed by atoms with E-state index >= 15 is 0 Å². The molecule has 0 saturated heterocycles. The Morgan fingerprint density at radius 1 is 1.32 bits per heavy atom. The number of halogens is 1. The van der Waals surface area contributed by atoms with Crippen LogP contribution in [0, 0.1) is 12.8 Å². The standard InChI is InChI=1S/C17H22BrNO6/c1-4-24-15(21)7-12(17(22)23)5-11-6-14(18)16(19)9(2)13(11)8-25-10(3)20/h6,12H,4-5,7-8,19H2,1-3H3,(H,22,23)/t12-/m0/s1. The molecule has 1 aromatic carbocycles. The van der Waals surface area contributed by atoms with Gasteiger partial charge in [0.2, 0.25) is 0 Å². The van der Waals surface area contributed by atoms with Crippen molar-refractivity contribution in [2.75, 3.05) is 12.3 Å². The van der Waals surface area contributed by atoms with Gasteiger partial charge in [-0.05, 0) is 59.0 Å². The molecule has 0 heterocycles. The number of carbonyl (C=O) groups excluding carboxylic acids is 2. The van der Waals surface area contributed by atoms with Gasteiger partial charge in [0.25, 0.3) is 0 Å². The number of ether oxygens (including phenoxy) is 2. The van der Waals surface area contributed by atoms with Crippen molar-refractivity contribution in [2.24, 2.45) is 5.92 Å². The number of carboxylic acids is 1. The summed E-state index contributed by atoms with van der Waals surface area (Å²) in [7, 11) is 0. The summed E-state index contributed by atoms with van der Waals surface area (Å²) in [4.78, 5) is 34.3. The Balaban J connectivity index is 3.17. The fraction of sp³-hybridized carbons (Fsp3) is 0.471. The number of rotatable bonds is 8. The van der Waals surface area contributed by atoms with Crippen molar-refractivity contribution >= 4 is 39.5 Å². The van der Waals surface area contributed by atoms with E-state index in [2.05, 4.69) is 15.9 Å². The van der Waals surface area contributed by atoms with E-state index < -0.39 is 23.8 Å². The molecule has 0 fully saturated rings. The molecule has 0 aromatic heterocycles. The molecule has 0 unspecified atom stereocenters. The molecule has 1 rings (SSSR count). The maximum absolute atomic E-state index is 11.7. The highest BCUT2D eigenvalue weighted by Crippen LogP contribution is 2.31. The van der Waals surface area contributed by atoms with Crippen LogP contribution in [0.1, 0.15) is 37.0 Å². The van der Waals surface area contributed by atoms with E-state index in [1.165, 1.54) is 6.92 Å². The Kier molecular flexibility index (Phi) is 7.89. The van der Waals surface area contributed by atoms with Crippen molar-refractivity contribution in [3.05, 3.63) is 27.2 Å². The van der Waals surface area contributed by atoms with Gasteiger partial charge >= 0.3 is 17.9 Å². The zero-order chi connectivity index (χ0) is 19.1. The van der Waals surface area contributed by atoms with Crippen LogP contribution in [0.25, 0.3) is 0 Å². The first-order valence-corrected chi connectivity index (χ1v) is 8.54. The lowest BCUT2D eigenvalue weighted by Gasteiger charge is -2.19. The van der Waals surface area contributed by atoms with E-state index in [-0.39, 0.29) is 26.1 Å². The minimum absolute atomic E-state index is 0.0142. The zero-order valence-corrected chi connectivity index (χ0v) is 16.0. The summed E-state index contributed by atoms with van der Waals surface area (Å²) in [5.74, 6) is -3.07. The number of benzene rings is 1. The van der Waals surface area contributed by atoms with E-state index in [4.69, 9.17) is 15.2 Å². The summed E-state index contributed by atoms with van der Waals surface area (Å²) in [6.45, 7) is 4.89. The molecular formula is C17H22BrNO6. The van der Waals surface area contributed by atoms with E-state index in [0.717, 1.165) is 0 Å². The van der Waals surface area contributed by atoms with Crippen molar-refractivity contribution in [1.29, 1.82) is 0 Å². The van der Waals surface area contributed by atoms with E-state index in [9.17, 15) is 19.5 Å². The molecule has 7 nitrogen and oxygen atoms in total. The first-order chi connectivity index (χ1) is 11.7. The highest BCUT2D eigenvalue weighted by atomic mass is 79.9. The lowest BCUT2D eigenvalue weighted by Crippen LogP contribution is -2.22. The quantitative estimate of drug-likeness (QED) is 0.494. The van der Waals surface area contributed by atoms with Crippen molar-refractivity contribution < 1.29 is 29.0 Å². The largest absolute Gasteiger partial charge is 0.481 e. The second-order valence-corrected chi connectivity index (χ2v) is 6.42. The van der Waals surface area contributed by atoms with Gasteiger partial charge in [-0.25, -0.2) is 0 Å². The predicted molar refractivity (Wildman–Crippen MR) is 94.8 cm³/mol. The molecule has 0 aliphatic carbocycles. The van der Waals surface area contributed by atoms with Gasteiger partial charge in [0, 0.05) is 17.1 Å². The molecular weight excluding hydrogens is 394 g/mol. The number of hydrogen-bond acceptors (Lipinski definition) is 6. The summed E-state index contributed by atoms with van der Waals surface area (Å²) in [6, 6.07) is 1.70. The molecule has 0 bridgehead atoms. The van der Waals surface area contributed by atoms with Gasteiger partial charge in [0.1, 0.15) is 6.61 Å². The Morgan fingerprint density at radius 2 is 1.96 bits per heavy atom. The molecule has 1 aromatic rings. The van der Waals surface area contributed by atoms with Crippen LogP contribution in [0.2, 0.25) is 0 Å². The maximum Gasteiger partial charge on any atom is 0.307 e. The minimum atomic E-state index is -1.10. The average Bonchev–Trinajstić information content (AvgIpc) is 2.51. The number of hydrogen-bond donors (Lipinski definition) is 2. The monoisotopic (exact) mass is 415 g/mol. The number of esters is 2. The zero-order valence-electron chi connectivity index (χ0n) is 14.4. The van der Waals surface area contributed by atoms with Gasteiger partial charge in [-0.1, -0.05) is 0 Å². The molecule has 0 saturated carbocycles. The van der Waals surface area contributed by atoms with Crippen LogP contribution in [-0.4, -0.2) is 29.6 Å². The van der Waals surface area contributed by atoms with Crippen LogP contribution in [-0.2, 0) is 36.9 Å². The van der Waals surface area contributed by atoms with E-state index in [0.29, 0.717) is 26.9 Å². The van der Waals surface area contributed by atoms with Crippen LogP contribution in [0.3, 0.4) is 0 Å². The Bertz CT molecular complexity index is 674. The number of carbonyl (C=O) groups is 3. The number of carboxylic acid groups (broad SMARTS) is 1. The number of nitrogens with two attached hydrogens (primary N) is 1. The summed E-state index contributed by atoms with van der Waals surface area (Å²) in [6.07, 6.45) is -0.151. The fourth-order valence-electron chi connectivity index (χ4n) is 2.39. The van der Waals surface area contributed by atoms with Gasteiger partial charge < -0.3 is 20.3 Å². The third-order valence-corrected chi connectivity index (χ3v) is 4.41. The van der Waals surface area contributed by atoms with Crippen LogP contribution < -0.4 is 5.73 Å². The lowest BCUT2D eigenvalue weighted by atomic mass is 9.91. The van der Waals surface area contributed by atoms with Crippen LogP contribution in [0.4, 0.5) is 5.69 Å². The molecule has 0 amide bonds. The Morgan fingerprint density at radius 3 is 2.48 bits per heavy atom. The van der Waals surface area contributed by atoms with Crippen LogP contribution >= 0.6 is 15.9 Å². The van der Waals surface area contributed by atoms with E-state index in [1.54, 1.807) is 19.9 Å².